The minimum Gasteiger partial charge on any atom is -0.481 e. The third-order valence-corrected chi connectivity index (χ3v) is 4.56. The summed E-state index contributed by atoms with van der Waals surface area (Å²) in [6.07, 6.45) is -0.595. The van der Waals surface area contributed by atoms with Crippen molar-refractivity contribution in [3.8, 4) is 5.75 Å². The highest BCUT2D eigenvalue weighted by Crippen LogP contribution is 2.26. The largest absolute Gasteiger partial charge is 0.481 e. The van der Waals surface area contributed by atoms with Gasteiger partial charge in [-0.1, -0.05) is 30.0 Å². The van der Waals surface area contributed by atoms with Crippen molar-refractivity contribution in [2.45, 2.75) is 19.1 Å². The molecule has 1 aromatic carbocycles. The quantitative estimate of drug-likeness (QED) is 0.838. The molecule has 116 valence electrons. The number of hydrogen-bond donors (Lipinski definition) is 0. The van der Waals surface area contributed by atoms with Crippen LogP contribution in [0.3, 0.4) is 0 Å². The topological polar surface area (TPSA) is 66.9 Å². The van der Waals surface area contributed by atoms with E-state index in [4.69, 9.17) is 4.74 Å². The Labute approximate surface area is 132 Å². The minimum absolute atomic E-state index is 0.133. The van der Waals surface area contributed by atoms with Gasteiger partial charge in [0.2, 0.25) is 5.91 Å². The van der Waals surface area contributed by atoms with Crippen molar-refractivity contribution in [2.75, 3.05) is 18.8 Å². The van der Waals surface area contributed by atoms with Gasteiger partial charge >= 0.3 is 0 Å². The van der Waals surface area contributed by atoms with E-state index in [9.17, 15) is 14.4 Å². The monoisotopic (exact) mass is 320 g/mol. The summed E-state index contributed by atoms with van der Waals surface area (Å²) >= 11 is 1.02. The number of amides is 3. The average molecular weight is 320 g/mol. The Morgan fingerprint density at radius 3 is 2.55 bits per heavy atom. The molecule has 1 aromatic rings. The van der Waals surface area contributed by atoms with E-state index >= 15 is 0 Å². The molecule has 3 rings (SSSR count). The summed E-state index contributed by atoms with van der Waals surface area (Å²) in [4.78, 5) is 38.4. The van der Waals surface area contributed by atoms with Gasteiger partial charge in [0.05, 0.1) is 11.8 Å². The summed E-state index contributed by atoms with van der Waals surface area (Å²) in [7, 11) is 0. The highest BCUT2D eigenvalue weighted by atomic mass is 32.2. The fourth-order valence-electron chi connectivity index (χ4n) is 2.53. The van der Waals surface area contributed by atoms with Crippen molar-refractivity contribution < 1.29 is 19.1 Å². The number of hydrogen-bond acceptors (Lipinski definition) is 5. The summed E-state index contributed by atoms with van der Waals surface area (Å²) in [5.74, 6) is 0.547. The van der Waals surface area contributed by atoms with Gasteiger partial charge in [-0.3, -0.25) is 19.3 Å². The van der Waals surface area contributed by atoms with Crippen molar-refractivity contribution in [1.82, 2.24) is 9.80 Å². The van der Waals surface area contributed by atoms with Crippen molar-refractivity contribution in [1.29, 1.82) is 0 Å². The van der Waals surface area contributed by atoms with Crippen LogP contribution in [0, 0.1) is 0 Å². The Bertz CT molecular complexity index is 585. The van der Waals surface area contributed by atoms with Gasteiger partial charge in [0.15, 0.2) is 6.10 Å². The summed E-state index contributed by atoms with van der Waals surface area (Å²) in [6.45, 7) is 2.48. The highest BCUT2D eigenvalue weighted by Gasteiger charge is 2.44. The lowest BCUT2D eigenvalue weighted by atomic mass is 10.1. The molecule has 22 heavy (non-hydrogen) atoms. The maximum absolute atomic E-state index is 12.3. The maximum Gasteiger partial charge on any atom is 0.289 e. The lowest BCUT2D eigenvalue weighted by molar-refractivity contribution is -0.147. The van der Waals surface area contributed by atoms with Crippen molar-refractivity contribution in [2.24, 2.45) is 0 Å². The number of likely N-dealkylation sites (tertiary alicyclic amines) is 1. The third-order valence-electron chi connectivity index (χ3n) is 3.73. The molecule has 0 aromatic heterocycles. The van der Waals surface area contributed by atoms with E-state index in [0.717, 1.165) is 11.8 Å². The van der Waals surface area contributed by atoms with Crippen LogP contribution in [0.15, 0.2) is 30.3 Å². The first-order valence-electron chi connectivity index (χ1n) is 7.05. The number of carbonyl (C=O) groups is 3. The second-order valence-corrected chi connectivity index (χ2v) is 6.22. The zero-order valence-corrected chi connectivity index (χ0v) is 12.9. The van der Waals surface area contributed by atoms with E-state index in [0.29, 0.717) is 18.8 Å². The van der Waals surface area contributed by atoms with Crippen LogP contribution >= 0.6 is 11.8 Å². The number of nitrogens with zero attached hydrogens (tertiary/aromatic N) is 2. The van der Waals surface area contributed by atoms with E-state index < -0.39 is 6.10 Å². The van der Waals surface area contributed by atoms with Gasteiger partial charge in [0.1, 0.15) is 5.75 Å². The van der Waals surface area contributed by atoms with Gasteiger partial charge in [0, 0.05) is 13.1 Å². The fourth-order valence-corrected chi connectivity index (χ4v) is 3.30. The Hall–Kier alpha value is -2.02. The molecule has 2 saturated heterocycles. The first kappa shape index (κ1) is 14.9. The number of thioether (sulfide) groups is 1. The number of carbonyl (C=O) groups excluding carboxylic acids is 3. The molecule has 0 saturated carbocycles. The Balaban J connectivity index is 1.53. The molecule has 7 heteroatoms. The van der Waals surface area contributed by atoms with Crippen LogP contribution in [0.25, 0.3) is 0 Å². The standard InChI is InChI=1S/C15H16N2O4S/c1-10(21-12-5-3-2-4-6-12)14(19)16-7-11(8-16)17-13(18)9-22-15(17)20/h2-6,10-11H,7-9H2,1H3. The lowest BCUT2D eigenvalue weighted by Gasteiger charge is -2.43. The van der Waals surface area contributed by atoms with Crippen LogP contribution in [0.4, 0.5) is 4.79 Å². The molecule has 0 N–H and O–H groups in total. The third kappa shape index (κ3) is 2.81. The predicted molar refractivity (Wildman–Crippen MR) is 81.6 cm³/mol. The van der Waals surface area contributed by atoms with Gasteiger partial charge in [-0.05, 0) is 19.1 Å². The second-order valence-electron chi connectivity index (χ2n) is 5.29. The zero-order valence-electron chi connectivity index (χ0n) is 12.1. The Morgan fingerprint density at radius 2 is 1.95 bits per heavy atom. The van der Waals surface area contributed by atoms with Gasteiger partial charge in [0.25, 0.3) is 11.1 Å². The molecule has 2 aliphatic heterocycles. The summed E-state index contributed by atoms with van der Waals surface area (Å²) in [6, 6.07) is 8.95. The molecule has 3 amide bonds. The second kappa shape index (κ2) is 6.00. The van der Waals surface area contributed by atoms with Gasteiger partial charge in [-0.2, -0.15) is 0 Å². The van der Waals surface area contributed by atoms with Gasteiger partial charge < -0.3 is 9.64 Å². The van der Waals surface area contributed by atoms with Crippen LogP contribution in [-0.2, 0) is 9.59 Å². The molecule has 0 spiro atoms. The molecule has 0 aliphatic carbocycles. The van der Waals surface area contributed by atoms with Crippen LogP contribution in [0.1, 0.15) is 6.92 Å². The normalized spacial score (nSPS) is 20.0. The molecule has 2 heterocycles. The molecule has 1 unspecified atom stereocenters. The summed E-state index contributed by atoms with van der Waals surface area (Å²) in [5, 5.41) is -0.212. The van der Waals surface area contributed by atoms with Crippen molar-refractivity contribution >= 4 is 28.8 Å². The minimum atomic E-state index is -0.595. The Morgan fingerprint density at radius 1 is 1.27 bits per heavy atom. The number of imide groups is 1. The SMILES string of the molecule is CC(Oc1ccccc1)C(=O)N1CC(N2C(=O)CSC2=O)C1. The van der Waals surface area contributed by atoms with E-state index in [1.165, 1.54) is 4.90 Å². The predicted octanol–water partition coefficient (Wildman–Crippen LogP) is 1.36. The molecule has 2 fully saturated rings. The number of ether oxygens (including phenoxy) is 1. The average Bonchev–Trinajstić information content (AvgIpc) is 2.79. The smallest absolute Gasteiger partial charge is 0.289 e. The molecule has 1 atom stereocenters. The number of para-hydroxylation sites is 1. The summed E-state index contributed by atoms with van der Waals surface area (Å²) in [5.41, 5.74) is 0. The fraction of sp³-hybridized carbons (Fsp3) is 0.400. The van der Waals surface area contributed by atoms with Crippen molar-refractivity contribution in [3.05, 3.63) is 30.3 Å². The number of benzene rings is 1. The maximum atomic E-state index is 12.3. The lowest BCUT2D eigenvalue weighted by Crippen LogP contribution is -2.63. The number of rotatable bonds is 4. The first-order chi connectivity index (χ1) is 10.6. The van der Waals surface area contributed by atoms with Crippen LogP contribution in [-0.4, -0.2) is 57.8 Å². The molecule has 0 bridgehead atoms. The highest BCUT2D eigenvalue weighted by molar-refractivity contribution is 8.14. The van der Waals surface area contributed by atoms with E-state index in [1.54, 1.807) is 24.0 Å². The van der Waals surface area contributed by atoms with Crippen molar-refractivity contribution in [3.63, 3.8) is 0 Å². The van der Waals surface area contributed by atoms with Crippen LogP contribution < -0.4 is 4.74 Å². The first-order valence-corrected chi connectivity index (χ1v) is 8.04. The molecule has 2 aliphatic rings. The zero-order chi connectivity index (χ0) is 15.7. The molecular formula is C15H16N2O4S. The van der Waals surface area contributed by atoms with E-state index in [1.807, 2.05) is 18.2 Å². The molecule has 6 nitrogen and oxygen atoms in total. The van der Waals surface area contributed by atoms with Gasteiger partial charge in [-0.15, -0.1) is 0 Å². The molecular weight excluding hydrogens is 304 g/mol. The van der Waals surface area contributed by atoms with Gasteiger partial charge in [-0.25, -0.2) is 0 Å². The van der Waals surface area contributed by atoms with E-state index in [2.05, 4.69) is 0 Å². The van der Waals surface area contributed by atoms with E-state index in [-0.39, 0.29) is 28.8 Å². The molecule has 0 radical (unpaired) electrons. The summed E-state index contributed by atoms with van der Waals surface area (Å²) < 4.78 is 5.59. The van der Waals surface area contributed by atoms with Crippen LogP contribution in [0.2, 0.25) is 0 Å². The van der Waals surface area contributed by atoms with Crippen LogP contribution in [0.5, 0.6) is 5.75 Å². The Kier molecular flexibility index (Phi) is 4.06.